The summed E-state index contributed by atoms with van der Waals surface area (Å²) in [6, 6.07) is 7.83. The topological polar surface area (TPSA) is 102 Å². The molecule has 2 aromatic heterocycles. The molecule has 0 aliphatic rings. The highest BCUT2D eigenvalue weighted by Gasteiger charge is 2.21. The summed E-state index contributed by atoms with van der Waals surface area (Å²) in [4.78, 5) is 45.2. The number of para-hydroxylation sites is 1. The fourth-order valence-electron chi connectivity index (χ4n) is 4.18. The van der Waals surface area contributed by atoms with Crippen molar-refractivity contribution in [3.8, 4) is 0 Å². The number of hydrogen-bond donors (Lipinski definition) is 2. The average Bonchev–Trinajstić information content (AvgIpc) is 3.09. The van der Waals surface area contributed by atoms with E-state index in [9.17, 15) is 14.4 Å². The monoisotopic (exact) mass is 467 g/mol. The van der Waals surface area contributed by atoms with Crippen molar-refractivity contribution < 1.29 is 4.79 Å². The van der Waals surface area contributed by atoms with Crippen molar-refractivity contribution in [2.45, 2.75) is 85.7 Å². The van der Waals surface area contributed by atoms with E-state index in [-0.39, 0.29) is 23.7 Å². The predicted molar refractivity (Wildman–Crippen MR) is 136 cm³/mol. The Hall–Kier alpha value is -3.16. The van der Waals surface area contributed by atoms with Crippen LogP contribution in [0.15, 0.2) is 33.9 Å². The number of benzene rings is 1. The molecule has 1 amide bonds. The van der Waals surface area contributed by atoms with Gasteiger partial charge >= 0.3 is 5.69 Å². The molecular weight excluding hydrogens is 430 g/mol. The van der Waals surface area contributed by atoms with Gasteiger partial charge in [0.05, 0.1) is 0 Å². The standard InChI is InChI=1S/C26H37N5O3/c1-7-8-15-30-23-22(24(33)29-25(30)34)31(16-17(2)3)20(28-23)13-14-21(32)27-19-12-10-9-11-18(19)26(4,5)6/h9-12,17H,7-8,13-16H2,1-6H3,(H,27,32)(H,29,33,34). The first kappa shape index (κ1) is 25.5. The average molecular weight is 468 g/mol. The molecule has 3 rings (SSSR count). The van der Waals surface area contributed by atoms with Gasteiger partial charge in [0.25, 0.3) is 5.56 Å². The zero-order valence-electron chi connectivity index (χ0n) is 21.2. The van der Waals surface area contributed by atoms with E-state index >= 15 is 0 Å². The van der Waals surface area contributed by atoms with Gasteiger partial charge in [-0.15, -0.1) is 0 Å². The van der Waals surface area contributed by atoms with Crippen LogP contribution < -0.4 is 16.6 Å². The van der Waals surface area contributed by atoms with Gasteiger partial charge in [-0.1, -0.05) is 66.2 Å². The molecule has 0 aliphatic heterocycles. The fourth-order valence-corrected chi connectivity index (χ4v) is 4.18. The Labute approximate surface area is 200 Å². The number of aromatic amines is 1. The van der Waals surface area contributed by atoms with Crippen LogP contribution in [-0.2, 0) is 29.7 Å². The normalized spacial score (nSPS) is 12.0. The molecular formula is C26H37N5O3. The summed E-state index contributed by atoms with van der Waals surface area (Å²) < 4.78 is 3.41. The Morgan fingerprint density at radius 1 is 1.15 bits per heavy atom. The Balaban J connectivity index is 1.92. The number of anilines is 1. The van der Waals surface area contributed by atoms with Crippen molar-refractivity contribution in [1.29, 1.82) is 0 Å². The van der Waals surface area contributed by atoms with Crippen LogP contribution in [0.5, 0.6) is 0 Å². The minimum Gasteiger partial charge on any atom is -0.326 e. The highest BCUT2D eigenvalue weighted by molar-refractivity contribution is 5.91. The zero-order valence-corrected chi connectivity index (χ0v) is 21.2. The van der Waals surface area contributed by atoms with E-state index in [2.05, 4.69) is 44.9 Å². The molecule has 0 atom stereocenters. The molecule has 1 aromatic carbocycles. The molecule has 2 heterocycles. The minimum atomic E-state index is -0.441. The summed E-state index contributed by atoms with van der Waals surface area (Å²) in [5.41, 5.74) is 1.70. The second kappa shape index (κ2) is 10.4. The number of nitrogens with zero attached hydrogens (tertiary/aromatic N) is 3. The van der Waals surface area contributed by atoms with Gasteiger partial charge in [0.1, 0.15) is 5.82 Å². The Morgan fingerprint density at radius 2 is 1.85 bits per heavy atom. The van der Waals surface area contributed by atoms with Gasteiger partial charge in [0.2, 0.25) is 5.91 Å². The Morgan fingerprint density at radius 3 is 2.50 bits per heavy atom. The molecule has 0 unspecified atom stereocenters. The van der Waals surface area contributed by atoms with Crippen molar-refractivity contribution in [2.24, 2.45) is 5.92 Å². The third-order valence-electron chi connectivity index (χ3n) is 5.83. The number of carbonyl (C=O) groups is 1. The molecule has 184 valence electrons. The van der Waals surface area contributed by atoms with Crippen LogP contribution in [0.3, 0.4) is 0 Å². The van der Waals surface area contributed by atoms with Crippen molar-refractivity contribution in [2.75, 3.05) is 5.32 Å². The number of hydrogen-bond acceptors (Lipinski definition) is 4. The highest BCUT2D eigenvalue weighted by Crippen LogP contribution is 2.29. The first-order valence-corrected chi connectivity index (χ1v) is 12.1. The van der Waals surface area contributed by atoms with Crippen molar-refractivity contribution in [1.82, 2.24) is 19.1 Å². The van der Waals surface area contributed by atoms with Crippen LogP contribution in [0.2, 0.25) is 0 Å². The molecule has 3 aromatic rings. The second-order valence-electron chi connectivity index (χ2n) is 10.3. The quantitative estimate of drug-likeness (QED) is 0.492. The zero-order chi connectivity index (χ0) is 25.0. The lowest BCUT2D eigenvalue weighted by Crippen LogP contribution is -2.31. The smallest absolute Gasteiger partial charge is 0.326 e. The van der Waals surface area contributed by atoms with Gasteiger partial charge in [0, 0.05) is 31.6 Å². The molecule has 8 heteroatoms. The number of aryl methyl sites for hydroxylation is 2. The molecule has 0 spiro atoms. The van der Waals surface area contributed by atoms with E-state index in [4.69, 9.17) is 4.98 Å². The lowest BCUT2D eigenvalue weighted by atomic mass is 9.86. The lowest BCUT2D eigenvalue weighted by Gasteiger charge is -2.23. The van der Waals surface area contributed by atoms with E-state index in [1.807, 2.05) is 35.8 Å². The SMILES string of the molecule is CCCCn1c(=O)[nH]c(=O)c2c1nc(CCC(=O)Nc1ccccc1C(C)(C)C)n2CC(C)C. The first-order valence-electron chi connectivity index (χ1n) is 12.1. The second-order valence-corrected chi connectivity index (χ2v) is 10.3. The summed E-state index contributed by atoms with van der Waals surface area (Å²) >= 11 is 0. The number of rotatable bonds is 9. The molecule has 2 N–H and O–H groups in total. The van der Waals surface area contributed by atoms with Gasteiger partial charge in [0.15, 0.2) is 11.2 Å². The summed E-state index contributed by atoms with van der Waals surface area (Å²) in [6.45, 7) is 13.6. The van der Waals surface area contributed by atoms with Crippen molar-refractivity contribution >= 4 is 22.8 Å². The Bertz CT molecular complexity index is 1270. The van der Waals surface area contributed by atoms with Crippen molar-refractivity contribution in [3.05, 3.63) is 56.5 Å². The number of nitrogens with one attached hydrogen (secondary N) is 2. The molecule has 0 radical (unpaired) electrons. The molecule has 0 saturated carbocycles. The number of unbranched alkanes of at least 4 members (excludes halogenated alkanes) is 1. The molecule has 0 fully saturated rings. The number of imidazole rings is 1. The maximum atomic E-state index is 12.9. The third kappa shape index (κ3) is 5.66. The molecule has 34 heavy (non-hydrogen) atoms. The van der Waals surface area contributed by atoms with E-state index < -0.39 is 11.2 Å². The summed E-state index contributed by atoms with van der Waals surface area (Å²) in [6.07, 6.45) is 2.31. The largest absolute Gasteiger partial charge is 0.330 e. The number of fused-ring (bicyclic) bond motifs is 1. The van der Waals surface area contributed by atoms with E-state index in [0.29, 0.717) is 36.5 Å². The number of aromatic nitrogens is 4. The van der Waals surface area contributed by atoms with Crippen LogP contribution in [0.25, 0.3) is 11.2 Å². The molecule has 0 aliphatic carbocycles. The van der Waals surface area contributed by atoms with Gasteiger partial charge in [-0.05, 0) is 29.4 Å². The van der Waals surface area contributed by atoms with Crippen LogP contribution >= 0.6 is 0 Å². The minimum absolute atomic E-state index is 0.0989. The number of H-pyrrole nitrogens is 1. The number of amides is 1. The van der Waals surface area contributed by atoms with E-state index in [0.717, 1.165) is 24.1 Å². The predicted octanol–water partition coefficient (Wildman–Crippen LogP) is 4.21. The maximum Gasteiger partial charge on any atom is 0.330 e. The van der Waals surface area contributed by atoms with Gasteiger partial charge < -0.3 is 9.88 Å². The van der Waals surface area contributed by atoms with Gasteiger partial charge in [-0.3, -0.25) is 19.1 Å². The van der Waals surface area contributed by atoms with Crippen LogP contribution in [0.1, 0.15) is 72.2 Å². The highest BCUT2D eigenvalue weighted by atomic mass is 16.2. The fraction of sp³-hybridized carbons (Fsp3) is 0.538. The Kier molecular flexibility index (Phi) is 7.79. The third-order valence-corrected chi connectivity index (χ3v) is 5.83. The molecule has 8 nitrogen and oxygen atoms in total. The lowest BCUT2D eigenvalue weighted by molar-refractivity contribution is -0.116. The maximum absolute atomic E-state index is 12.9. The van der Waals surface area contributed by atoms with Crippen LogP contribution in [-0.4, -0.2) is 25.0 Å². The van der Waals surface area contributed by atoms with Crippen LogP contribution in [0, 0.1) is 5.92 Å². The summed E-state index contributed by atoms with van der Waals surface area (Å²) in [5.74, 6) is 0.792. The van der Waals surface area contributed by atoms with Gasteiger partial charge in [-0.2, -0.15) is 0 Å². The number of carbonyl (C=O) groups excluding carboxylic acids is 1. The van der Waals surface area contributed by atoms with Crippen molar-refractivity contribution in [3.63, 3.8) is 0 Å². The summed E-state index contributed by atoms with van der Waals surface area (Å²) in [5, 5.41) is 3.04. The summed E-state index contributed by atoms with van der Waals surface area (Å²) in [7, 11) is 0. The first-order chi connectivity index (χ1) is 16.0. The molecule has 0 bridgehead atoms. The van der Waals surface area contributed by atoms with Gasteiger partial charge in [-0.25, -0.2) is 9.78 Å². The van der Waals surface area contributed by atoms with E-state index in [1.54, 1.807) is 4.57 Å². The molecule has 0 saturated heterocycles. The van der Waals surface area contributed by atoms with Crippen LogP contribution in [0.4, 0.5) is 5.69 Å². The van der Waals surface area contributed by atoms with E-state index in [1.165, 1.54) is 0 Å².